The number of halogens is 1. The van der Waals surface area contributed by atoms with Gasteiger partial charge in [0.25, 0.3) is 0 Å². The maximum Gasteiger partial charge on any atom is 0.153 e. The van der Waals surface area contributed by atoms with Crippen LogP contribution in [0.15, 0.2) is 18.2 Å². The Morgan fingerprint density at radius 2 is 2.12 bits per heavy atom. The van der Waals surface area contributed by atoms with Gasteiger partial charge >= 0.3 is 0 Å². The molecule has 0 saturated carbocycles. The first-order valence-corrected chi connectivity index (χ1v) is 6.84. The molecule has 0 aliphatic carbocycles. The maximum absolute atomic E-state index is 13.1. The van der Waals surface area contributed by atoms with Crippen molar-refractivity contribution in [2.24, 2.45) is 0 Å². The van der Waals surface area contributed by atoms with E-state index in [4.69, 9.17) is 0 Å². The Labute approximate surface area is 93.8 Å². The van der Waals surface area contributed by atoms with E-state index in [-0.39, 0.29) is 23.7 Å². The molecule has 1 aliphatic rings. The van der Waals surface area contributed by atoms with Gasteiger partial charge in [-0.2, -0.15) is 0 Å². The van der Waals surface area contributed by atoms with Crippen molar-refractivity contribution in [2.75, 3.05) is 11.5 Å². The van der Waals surface area contributed by atoms with Crippen molar-refractivity contribution in [3.05, 3.63) is 35.1 Å². The van der Waals surface area contributed by atoms with Crippen LogP contribution in [0.3, 0.4) is 0 Å². The van der Waals surface area contributed by atoms with Crippen LogP contribution in [0.5, 0.6) is 0 Å². The molecule has 1 aliphatic heterocycles. The predicted molar refractivity (Wildman–Crippen MR) is 58.3 cm³/mol. The van der Waals surface area contributed by atoms with Crippen LogP contribution in [0, 0.1) is 12.7 Å². The first-order valence-electron chi connectivity index (χ1n) is 5.02. The number of aryl methyl sites for hydroxylation is 1. The summed E-state index contributed by atoms with van der Waals surface area (Å²) in [6, 6.07) is 4.22. The predicted octanol–water partition coefficient (Wildman–Crippen LogP) is 1.14. The van der Waals surface area contributed by atoms with Gasteiger partial charge in [-0.15, -0.1) is 0 Å². The molecule has 0 radical (unpaired) electrons. The van der Waals surface area contributed by atoms with Crippen LogP contribution >= 0.6 is 0 Å². The van der Waals surface area contributed by atoms with Gasteiger partial charge < -0.3 is 5.11 Å². The minimum Gasteiger partial charge on any atom is -0.384 e. The molecule has 3 nitrogen and oxygen atoms in total. The fourth-order valence-corrected chi connectivity index (χ4v) is 3.83. The SMILES string of the molecule is Cc1cc(C2(O)CCS(=O)(=O)C2)ccc1F. The summed E-state index contributed by atoms with van der Waals surface area (Å²) in [7, 11) is -3.17. The van der Waals surface area contributed by atoms with Crippen LogP contribution in [0.25, 0.3) is 0 Å². The molecule has 1 fully saturated rings. The summed E-state index contributed by atoms with van der Waals surface area (Å²) in [5.41, 5.74) is -0.459. The Balaban J connectivity index is 2.41. The first-order chi connectivity index (χ1) is 7.32. The quantitative estimate of drug-likeness (QED) is 0.806. The third-order valence-corrected chi connectivity index (χ3v) is 4.72. The Morgan fingerprint density at radius 1 is 1.44 bits per heavy atom. The molecular formula is C11H13FO3S. The van der Waals surface area contributed by atoms with Crippen LogP contribution in [0.2, 0.25) is 0 Å². The van der Waals surface area contributed by atoms with Gasteiger partial charge in [0.15, 0.2) is 9.84 Å². The van der Waals surface area contributed by atoms with Crippen molar-refractivity contribution in [1.29, 1.82) is 0 Å². The van der Waals surface area contributed by atoms with Gasteiger partial charge in [0.1, 0.15) is 11.4 Å². The molecule has 1 aromatic rings. The zero-order valence-corrected chi connectivity index (χ0v) is 9.72. The van der Waals surface area contributed by atoms with Crippen molar-refractivity contribution < 1.29 is 17.9 Å². The Kier molecular flexibility index (Phi) is 2.55. The number of benzene rings is 1. The lowest BCUT2D eigenvalue weighted by Gasteiger charge is -2.21. The number of hydrogen-bond donors (Lipinski definition) is 1. The molecule has 1 N–H and O–H groups in total. The highest BCUT2D eigenvalue weighted by molar-refractivity contribution is 7.91. The van der Waals surface area contributed by atoms with Crippen molar-refractivity contribution in [2.45, 2.75) is 18.9 Å². The van der Waals surface area contributed by atoms with Gasteiger partial charge in [-0.3, -0.25) is 0 Å². The van der Waals surface area contributed by atoms with Gasteiger partial charge in [0.05, 0.1) is 11.5 Å². The lowest BCUT2D eigenvalue weighted by atomic mass is 9.92. The average Bonchev–Trinajstić information content (AvgIpc) is 2.47. The molecule has 1 saturated heterocycles. The summed E-state index contributed by atoms with van der Waals surface area (Å²) in [6.07, 6.45) is 0.181. The third kappa shape index (κ3) is 1.97. The van der Waals surface area contributed by atoms with E-state index in [1.807, 2.05) is 0 Å². The van der Waals surface area contributed by atoms with E-state index in [1.54, 1.807) is 6.92 Å². The highest BCUT2D eigenvalue weighted by Gasteiger charge is 2.41. The van der Waals surface area contributed by atoms with Crippen molar-refractivity contribution >= 4 is 9.84 Å². The van der Waals surface area contributed by atoms with Crippen molar-refractivity contribution in [1.82, 2.24) is 0 Å². The topological polar surface area (TPSA) is 54.4 Å². The van der Waals surface area contributed by atoms with E-state index in [0.29, 0.717) is 11.1 Å². The normalized spacial score (nSPS) is 28.2. The van der Waals surface area contributed by atoms with Crippen molar-refractivity contribution in [3.63, 3.8) is 0 Å². The fraction of sp³-hybridized carbons (Fsp3) is 0.455. The van der Waals surface area contributed by atoms with Crippen LogP contribution < -0.4 is 0 Å². The Bertz CT molecular complexity index is 524. The van der Waals surface area contributed by atoms with Gasteiger partial charge in [-0.1, -0.05) is 12.1 Å². The molecule has 1 aromatic carbocycles. The molecule has 0 aromatic heterocycles. The number of hydrogen-bond acceptors (Lipinski definition) is 3. The monoisotopic (exact) mass is 244 g/mol. The second-order valence-electron chi connectivity index (χ2n) is 4.34. The summed E-state index contributed by atoms with van der Waals surface area (Å²) in [5, 5.41) is 10.2. The molecule has 1 atom stereocenters. The summed E-state index contributed by atoms with van der Waals surface area (Å²) in [5.74, 6) is -0.640. The number of sulfone groups is 1. The molecule has 2 rings (SSSR count). The minimum absolute atomic E-state index is 0.0140. The van der Waals surface area contributed by atoms with E-state index >= 15 is 0 Å². The van der Waals surface area contributed by atoms with E-state index in [2.05, 4.69) is 0 Å². The molecule has 16 heavy (non-hydrogen) atoms. The second-order valence-corrected chi connectivity index (χ2v) is 6.52. The lowest BCUT2D eigenvalue weighted by molar-refractivity contribution is 0.0651. The molecule has 88 valence electrons. The highest BCUT2D eigenvalue weighted by Crippen LogP contribution is 2.34. The van der Waals surface area contributed by atoms with E-state index < -0.39 is 15.4 Å². The maximum atomic E-state index is 13.1. The van der Waals surface area contributed by atoms with E-state index in [9.17, 15) is 17.9 Å². The van der Waals surface area contributed by atoms with Crippen LogP contribution in [-0.2, 0) is 15.4 Å². The fourth-order valence-electron chi connectivity index (χ4n) is 1.99. The van der Waals surface area contributed by atoms with E-state index in [0.717, 1.165) is 0 Å². The molecule has 1 unspecified atom stereocenters. The lowest BCUT2D eigenvalue weighted by Crippen LogP contribution is -2.27. The van der Waals surface area contributed by atoms with Gasteiger partial charge in [0, 0.05) is 0 Å². The Hall–Kier alpha value is -0.940. The standard InChI is InChI=1S/C11H13FO3S/c1-8-6-9(2-3-10(8)12)11(13)4-5-16(14,15)7-11/h2-3,6,13H,4-5,7H2,1H3. The molecule has 0 spiro atoms. The van der Waals surface area contributed by atoms with E-state index in [1.165, 1.54) is 18.2 Å². The summed E-state index contributed by atoms with van der Waals surface area (Å²) >= 11 is 0. The zero-order chi connectivity index (χ0) is 12.0. The molecule has 0 amide bonds. The molecule has 5 heteroatoms. The summed E-state index contributed by atoms with van der Waals surface area (Å²) in [6.45, 7) is 1.59. The smallest absolute Gasteiger partial charge is 0.153 e. The van der Waals surface area contributed by atoms with Gasteiger partial charge in [-0.05, 0) is 30.5 Å². The first kappa shape index (κ1) is 11.5. The molecule has 1 heterocycles. The molecular weight excluding hydrogens is 231 g/mol. The summed E-state index contributed by atoms with van der Waals surface area (Å²) in [4.78, 5) is 0. The van der Waals surface area contributed by atoms with Crippen molar-refractivity contribution in [3.8, 4) is 0 Å². The van der Waals surface area contributed by atoms with Gasteiger partial charge in [0.2, 0.25) is 0 Å². The minimum atomic E-state index is -3.17. The van der Waals surface area contributed by atoms with Gasteiger partial charge in [-0.25, -0.2) is 12.8 Å². The third-order valence-electron chi connectivity index (χ3n) is 2.98. The van der Waals surface area contributed by atoms with Crippen LogP contribution in [0.1, 0.15) is 17.5 Å². The summed E-state index contributed by atoms with van der Waals surface area (Å²) < 4.78 is 35.7. The van der Waals surface area contributed by atoms with Crippen LogP contribution in [-0.4, -0.2) is 25.0 Å². The number of rotatable bonds is 1. The largest absolute Gasteiger partial charge is 0.384 e. The van der Waals surface area contributed by atoms with Crippen LogP contribution in [0.4, 0.5) is 4.39 Å². The average molecular weight is 244 g/mol. The highest BCUT2D eigenvalue weighted by atomic mass is 32.2. The molecule has 0 bridgehead atoms. The second kappa shape index (κ2) is 3.53. The number of aliphatic hydroxyl groups is 1. The Morgan fingerprint density at radius 3 is 2.62 bits per heavy atom. The zero-order valence-electron chi connectivity index (χ0n) is 8.90.